The average molecular weight is 766 g/mol. The van der Waals surface area contributed by atoms with Crippen LogP contribution in [0.4, 0.5) is 4.79 Å². The summed E-state index contributed by atoms with van der Waals surface area (Å²) in [6.45, 7) is 0.247. The number of aliphatic hydroxyl groups is 10. The van der Waals surface area contributed by atoms with Gasteiger partial charge in [-0.2, -0.15) is 0 Å². The second-order valence-corrected chi connectivity index (χ2v) is 12.6. The smallest absolute Gasteiger partial charge is 0.407 e. The van der Waals surface area contributed by atoms with Gasteiger partial charge in [0.1, 0.15) is 73.8 Å². The van der Waals surface area contributed by atoms with Crippen molar-refractivity contribution in [3.63, 3.8) is 0 Å². The lowest BCUT2D eigenvalue weighted by molar-refractivity contribution is -0.386. The maximum atomic E-state index is 12.9. The lowest BCUT2D eigenvalue weighted by Crippen LogP contribution is -2.71. The van der Waals surface area contributed by atoms with E-state index in [0.717, 1.165) is 0 Å². The Bertz CT molecular complexity index is 1330. The molecule has 0 radical (unpaired) electrons. The van der Waals surface area contributed by atoms with Gasteiger partial charge >= 0.3 is 12.1 Å². The van der Waals surface area contributed by atoms with Gasteiger partial charge in [0.15, 0.2) is 12.6 Å². The zero-order chi connectivity index (χ0) is 39.0. The van der Waals surface area contributed by atoms with Crippen molar-refractivity contribution < 1.29 is 98.9 Å². The summed E-state index contributed by atoms with van der Waals surface area (Å²) in [6, 6.07) is 6.71. The molecule has 3 saturated heterocycles. The molecule has 1 aromatic rings. The molecule has 3 aliphatic rings. The summed E-state index contributed by atoms with van der Waals surface area (Å²) in [5.41, 5.74) is 0.584. The number of nitrogens with one attached hydrogen (secondary N) is 1. The SMILES string of the molecule is C=CCO[C@@H]1O[C@H](CO)[C@@H](O[C@@H]2O[C@H](CO)[C@@H](O)[C@H](O[C@]3(C(=O)O)C[C@H](O)[C@@H](NC(=O)OCc4ccccc4)[C@H]([C@H](O)[C@H](O)CO)O3)[C@H]2O)[C@H](O)[C@H]1O. The van der Waals surface area contributed by atoms with Crippen LogP contribution in [0.1, 0.15) is 12.0 Å². The van der Waals surface area contributed by atoms with E-state index in [1.807, 2.05) is 0 Å². The topological polar surface area (TPSA) is 333 Å². The van der Waals surface area contributed by atoms with Crippen LogP contribution in [0.3, 0.4) is 0 Å². The molecule has 21 nitrogen and oxygen atoms in total. The van der Waals surface area contributed by atoms with Crippen molar-refractivity contribution in [2.45, 2.75) is 111 Å². The number of carbonyl (C=O) groups excluding carboxylic acids is 1. The van der Waals surface area contributed by atoms with Gasteiger partial charge in [0.05, 0.1) is 38.6 Å². The molecule has 0 bridgehead atoms. The number of rotatable bonds is 16. The minimum Gasteiger partial charge on any atom is -0.477 e. The highest BCUT2D eigenvalue weighted by Crippen LogP contribution is 2.38. The normalized spacial score (nSPS) is 38.7. The number of alkyl carbamates (subject to hydrolysis) is 1. The van der Waals surface area contributed by atoms with E-state index in [-0.39, 0.29) is 13.2 Å². The standard InChI is InChI=1S/C32H47NO20/c1-2-8-47-28-23(42)22(41)25(18(12-36)50-28)51-29-24(43)27(21(40)17(11-35)49-29)53-32(30(44)45)9-15(37)19(26(52-32)20(39)16(38)10-34)33-31(46)48-13-14-6-4-3-5-7-14/h2-7,15-29,34-43H,1,8-13H2,(H,33,46)(H,44,45)/t15-,16+,17+,18+,19+,20+,21+,22+,23+,24+,25+,26+,27-,28+,29-,32-/m0/s1. The second-order valence-electron chi connectivity index (χ2n) is 12.6. The largest absolute Gasteiger partial charge is 0.477 e. The zero-order valence-corrected chi connectivity index (χ0v) is 28.2. The maximum absolute atomic E-state index is 12.9. The van der Waals surface area contributed by atoms with Gasteiger partial charge in [-0.1, -0.05) is 36.4 Å². The van der Waals surface area contributed by atoms with Gasteiger partial charge in [-0.05, 0) is 5.56 Å². The number of aliphatic hydroxyl groups excluding tert-OH is 10. The predicted octanol–water partition coefficient (Wildman–Crippen LogP) is -5.22. The number of carboxylic acids is 1. The van der Waals surface area contributed by atoms with Crippen LogP contribution < -0.4 is 5.32 Å². The van der Waals surface area contributed by atoms with Crippen molar-refractivity contribution in [3.05, 3.63) is 48.6 Å². The Morgan fingerprint density at radius 3 is 2.19 bits per heavy atom. The van der Waals surface area contributed by atoms with Gasteiger partial charge < -0.3 is 94.6 Å². The van der Waals surface area contributed by atoms with Crippen molar-refractivity contribution >= 4 is 12.1 Å². The summed E-state index contributed by atoms with van der Waals surface area (Å²) in [5.74, 6) is -5.08. The first-order valence-corrected chi connectivity index (χ1v) is 16.6. The van der Waals surface area contributed by atoms with Crippen LogP contribution >= 0.6 is 0 Å². The number of ether oxygens (including phenoxy) is 7. The zero-order valence-electron chi connectivity index (χ0n) is 28.2. The molecule has 3 heterocycles. The van der Waals surface area contributed by atoms with Crippen molar-refractivity contribution in [2.24, 2.45) is 0 Å². The number of carbonyl (C=O) groups is 2. The van der Waals surface area contributed by atoms with Crippen LogP contribution in [-0.2, 0) is 44.6 Å². The third-order valence-electron chi connectivity index (χ3n) is 8.95. The average Bonchev–Trinajstić information content (AvgIpc) is 3.15. The van der Waals surface area contributed by atoms with E-state index < -0.39 is 136 Å². The quantitative estimate of drug-likeness (QED) is 0.0700. The fourth-order valence-corrected chi connectivity index (χ4v) is 6.12. The predicted molar refractivity (Wildman–Crippen MR) is 170 cm³/mol. The second kappa shape index (κ2) is 19.1. The molecule has 1 amide bonds. The number of hydrogen-bond donors (Lipinski definition) is 12. The molecule has 300 valence electrons. The van der Waals surface area contributed by atoms with E-state index in [1.165, 1.54) is 6.08 Å². The van der Waals surface area contributed by atoms with Gasteiger partial charge in [0.2, 0.25) is 0 Å². The van der Waals surface area contributed by atoms with Gasteiger partial charge in [-0.15, -0.1) is 6.58 Å². The fraction of sp³-hybridized carbons (Fsp3) is 0.688. The van der Waals surface area contributed by atoms with E-state index in [0.29, 0.717) is 5.56 Å². The summed E-state index contributed by atoms with van der Waals surface area (Å²) in [4.78, 5) is 25.6. The fourth-order valence-electron chi connectivity index (χ4n) is 6.12. The minimum atomic E-state index is -3.09. The molecule has 0 aromatic heterocycles. The first-order chi connectivity index (χ1) is 25.2. The lowest BCUT2D eigenvalue weighted by Gasteiger charge is -2.50. The molecule has 3 aliphatic heterocycles. The first-order valence-electron chi connectivity index (χ1n) is 16.6. The molecule has 53 heavy (non-hydrogen) atoms. The Kier molecular flexibility index (Phi) is 15.4. The summed E-state index contributed by atoms with van der Waals surface area (Å²) >= 11 is 0. The lowest BCUT2D eigenvalue weighted by atomic mass is 9.88. The summed E-state index contributed by atoms with van der Waals surface area (Å²) in [7, 11) is 0. The monoisotopic (exact) mass is 765 g/mol. The third kappa shape index (κ3) is 9.84. The number of carboxylic acid groups (broad SMARTS) is 1. The minimum absolute atomic E-state index is 0.105. The molecule has 3 fully saturated rings. The van der Waals surface area contributed by atoms with Crippen LogP contribution in [0.15, 0.2) is 43.0 Å². The summed E-state index contributed by atoms with van der Waals surface area (Å²) in [6.07, 6.45) is -27.3. The molecule has 4 rings (SSSR count). The molecule has 0 saturated carbocycles. The van der Waals surface area contributed by atoms with E-state index in [2.05, 4.69) is 11.9 Å². The van der Waals surface area contributed by atoms with Gasteiger partial charge in [0, 0.05) is 6.42 Å². The third-order valence-corrected chi connectivity index (χ3v) is 8.95. The highest BCUT2D eigenvalue weighted by atomic mass is 16.8. The summed E-state index contributed by atoms with van der Waals surface area (Å²) in [5, 5.41) is 118. The first kappa shape index (κ1) is 42.8. The Morgan fingerprint density at radius 2 is 1.58 bits per heavy atom. The number of benzene rings is 1. The number of amides is 1. The molecule has 1 aromatic carbocycles. The van der Waals surface area contributed by atoms with Crippen LogP contribution in [0, 0.1) is 0 Å². The highest BCUT2D eigenvalue weighted by molar-refractivity contribution is 5.76. The van der Waals surface area contributed by atoms with Gasteiger partial charge in [-0.3, -0.25) is 0 Å². The molecular formula is C32H47NO20. The van der Waals surface area contributed by atoms with Crippen molar-refractivity contribution in [1.82, 2.24) is 5.32 Å². The van der Waals surface area contributed by atoms with Gasteiger partial charge in [0.25, 0.3) is 5.79 Å². The van der Waals surface area contributed by atoms with E-state index in [1.54, 1.807) is 30.3 Å². The number of hydrogen-bond acceptors (Lipinski definition) is 19. The Balaban J connectivity index is 1.58. The molecule has 0 spiro atoms. The van der Waals surface area contributed by atoms with E-state index >= 15 is 0 Å². The van der Waals surface area contributed by atoms with Gasteiger partial charge in [-0.25, -0.2) is 9.59 Å². The highest BCUT2D eigenvalue weighted by Gasteiger charge is 2.60. The maximum Gasteiger partial charge on any atom is 0.407 e. The molecule has 0 aliphatic carbocycles. The Labute approximate surface area is 302 Å². The summed E-state index contributed by atoms with van der Waals surface area (Å²) < 4.78 is 38.3. The molecule has 0 unspecified atom stereocenters. The Morgan fingerprint density at radius 1 is 0.925 bits per heavy atom. The van der Waals surface area contributed by atoms with Crippen molar-refractivity contribution in [1.29, 1.82) is 0 Å². The van der Waals surface area contributed by atoms with Crippen molar-refractivity contribution in [3.8, 4) is 0 Å². The van der Waals surface area contributed by atoms with E-state index in [4.69, 9.17) is 33.2 Å². The molecular weight excluding hydrogens is 718 g/mol. The van der Waals surface area contributed by atoms with E-state index in [9.17, 15) is 65.8 Å². The van der Waals surface area contributed by atoms with Crippen molar-refractivity contribution in [2.75, 3.05) is 26.4 Å². The molecule has 21 heteroatoms. The molecule has 12 N–H and O–H groups in total. The van der Waals surface area contributed by atoms with Crippen LogP contribution in [0.2, 0.25) is 0 Å². The number of aliphatic carboxylic acids is 1. The Hall–Kier alpha value is -2.94. The van der Waals surface area contributed by atoms with Crippen LogP contribution in [-0.4, -0.2) is 192 Å². The molecule has 16 atom stereocenters. The van der Waals surface area contributed by atoms with Crippen LogP contribution in [0.5, 0.6) is 0 Å². The van der Waals surface area contributed by atoms with Crippen LogP contribution in [0.25, 0.3) is 0 Å².